The number of hydrogen-bond acceptors (Lipinski definition) is 5. The fourth-order valence-corrected chi connectivity index (χ4v) is 2.87. The standard InChI is InChI=1S/C16H19N5O2S/c1-12-10-16-19-14(13-6-4-3-5-7-13)11-15(21(16)20-12)17-8-9-18-24(2,22)23/h3-7,10-11,17-18H,8-9H2,1-2H3. The minimum absolute atomic E-state index is 0.295. The number of rotatable bonds is 6. The molecule has 3 rings (SSSR count). The maximum absolute atomic E-state index is 11.1. The second kappa shape index (κ2) is 6.58. The van der Waals surface area contributed by atoms with Crippen LogP contribution in [-0.2, 0) is 10.0 Å². The molecule has 0 aliphatic heterocycles. The molecule has 8 heteroatoms. The highest BCUT2D eigenvalue weighted by Gasteiger charge is 2.09. The van der Waals surface area contributed by atoms with Gasteiger partial charge in [0.05, 0.1) is 17.6 Å². The van der Waals surface area contributed by atoms with Gasteiger partial charge in [0.15, 0.2) is 5.65 Å². The highest BCUT2D eigenvalue weighted by atomic mass is 32.2. The van der Waals surface area contributed by atoms with E-state index >= 15 is 0 Å². The predicted molar refractivity (Wildman–Crippen MR) is 94.5 cm³/mol. The van der Waals surface area contributed by atoms with Gasteiger partial charge in [-0.05, 0) is 6.92 Å². The van der Waals surface area contributed by atoms with E-state index in [-0.39, 0.29) is 0 Å². The summed E-state index contributed by atoms with van der Waals surface area (Å²) in [5.74, 6) is 0.766. The molecular weight excluding hydrogens is 326 g/mol. The maximum atomic E-state index is 11.1. The van der Waals surface area contributed by atoms with Gasteiger partial charge in [-0.2, -0.15) is 9.61 Å². The van der Waals surface area contributed by atoms with Gasteiger partial charge in [0, 0.05) is 30.8 Å². The van der Waals surface area contributed by atoms with Crippen molar-refractivity contribution in [2.24, 2.45) is 0 Å². The summed E-state index contributed by atoms with van der Waals surface area (Å²) < 4.78 is 26.4. The van der Waals surface area contributed by atoms with Crippen LogP contribution in [0.1, 0.15) is 5.69 Å². The largest absolute Gasteiger partial charge is 0.369 e. The summed E-state index contributed by atoms with van der Waals surface area (Å²) in [7, 11) is -3.19. The Labute approximate surface area is 140 Å². The summed E-state index contributed by atoms with van der Waals surface area (Å²) in [4.78, 5) is 4.64. The van der Waals surface area contributed by atoms with Crippen LogP contribution in [0.15, 0.2) is 42.5 Å². The molecule has 0 fully saturated rings. The maximum Gasteiger partial charge on any atom is 0.208 e. The van der Waals surface area contributed by atoms with Crippen molar-refractivity contribution in [1.82, 2.24) is 19.3 Å². The van der Waals surface area contributed by atoms with Crippen molar-refractivity contribution >= 4 is 21.5 Å². The molecule has 0 saturated carbocycles. The number of sulfonamides is 1. The van der Waals surface area contributed by atoms with Crippen LogP contribution in [0.2, 0.25) is 0 Å². The Morgan fingerprint density at radius 1 is 1.12 bits per heavy atom. The molecule has 0 bridgehead atoms. The van der Waals surface area contributed by atoms with Crippen LogP contribution in [-0.4, -0.2) is 42.4 Å². The van der Waals surface area contributed by atoms with Crippen LogP contribution in [0.25, 0.3) is 16.9 Å². The van der Waals surface area contributed by atoms with Crippen molar-refractivity contribution in [3.8, 4) is 11.3 Å². The van der Waals surface area contributed by atoms with E-state index in [1.54, 1.807) is 4.52 Å². The average molecular weight is 345 g/mol. The van der Waals surface area contributed by atoms with E-state index < -0.39 is 10.0 Å². The number of fused-ring (bicyclic) bond motifs is 1. The van der Waals surface area contributed by atoms with Crippen LogP contribution in [0.3, 0.4) is 0 Å². The quantitative estimate of drug-likeness (QED) is 0.664. The minimum Gasteiger partial charge on any atom is -0.369 e. The first kappa shape index (κ1) is 16.4. The van der Waals surface area contributed by atoms with Crippen LogP contribution < -0.4 is 10.0 Å². The van der Waals surface area contributed by atoms with E-state index in [9.17, 15) is 8.42 Å². The molecular formula is C16H19N5O2S. The van der Waals surface area contributed by atoms with Gasteiger partial charge in [-0.1, -0.05) is 30.3 Å². The number of aromatic nitrogens is 3. The SMILES string of the molecule is Cc1cc2nc(-c3ccccc3)cc(NCCNS(C)(=O)=O)n2n1. The Kier molecular flexibility index (Phi) is 4.50. The van der Waals surface area contributed by atoms with Crippen molar-refractivity contribution in [3.63, 3.8) is 0 Å². The average Bonchev–Trinajstić information content (AvgIpc) is 2.91. The Hall–Kier alpha value is -2.45. The third-order valence-corrected chi connectivity index (χ3v) is 4.14. The molecule has 0 aliphatic rings. The van der Waals surface area contributed by atoms with E-state index in [0.717, 1.165) is 34.7 Å². The molecule has 0 aliphatic carbocycles. The minimum atomic E-state index is -3.19. The fraction of sp³-hybridized carbons (Fsp3) is 0.250. The number of anilines is 1. The highest BCUT2D eigenvalue weighted by Crippen LogP contribution is 2.22. The van der Waals surface area contributed by atoms with Crippen molar-refractivity contribution < 1.29 is 8.42 Å². The normalized spacial score (nSPS) is 11.8. The monoisotopic (exact) mass is 345 g/mol. The second-order valence-electron chi connectivity index (χ2n) is 5.54. The van der Waals surface area contributed by atoms with E-state index in [0.29, 0.717) is 13.1 Å². The van der Waals surface area contributed by atoms with Gasteiger partial charge >= 0.3 is 0 Å². The Morgan fingerprint density at radius 3 is 2.58 bits per heavy atom. The number of nitrogens with zero attached hydrogens (tertiary/aromatic N) is 3. The molecule has 0 amide bonds. The van der Waals surface area contributed by atoms with Crippen molar-refractivity contribution in [2.75, 3.05) is 24.7 Å². The van der Waals surface area contributed by atoms with Gasteiger partial charge in [0.25, 0.3) is 0 Å². The van der Waals surface area contributed by atoms with Crippen LogP contribution in [0, 0.1) is 6.92 Å². The Balaban J connectivity index is 1.90. The molecule has 7 nitrogen and oxygen atoms in total. The summed E-state index contributed by atoms with van der Waals surface area (Å²) >= 11 is 0. The molecule has 0 radical (unpaired) electrons. The number of benzene rings is 1. The fourth-order valence-electron chi connectivity index (χ4n) is 2.40. The van der Waals surface area contributed by atoms with Gasteiger partial charge < -0.3 is 5.32 Å². The van der Waals surface area contributed by atoms with Gasteiger partial charge in [-0.15, -0.1) is 0 Å². The van der Waals surface area contributed by atoms with Gasteiger partial charge in [-0.3, -0.25) is 0 Å². The zero-order chi connectivity index (χ0) is 17.2. The summed E-state index contributed by atoms with van der Waals surface area (Å²) in [5, 5.41) is 7.65. The summed E-state index contributed by atoms with van der Waals surface area (Å²) in [5.41, 5.74) is 3.45. The molecule has 2 heterocycles. The Morgan fingerprint density at radius 2 is 1.88 bits per heavy atom. The third kappa shape index (κ3) is 3.90. The first-order chi connectivity index (χ1) is 11.4. The second-order valence-corrected chi connectivity index (χ2v) is 7.37. The molecule has 0 unspecified atom stereocenters. The van der Waals surface area contributed by atoms with Crippen molar-refractivity contribution in [1.29, 1.82) is 0 Å². The van der Waals surface area contributed by atoms with Gasteiger partial charge in [-0.25, -0.2) is 18.1 Å². The lowest BCUT2D eigenvalue weighted by Gasteiger charge is -2.11. The summed E-state index contributed by atoms with van der Waals surface area (Å²) in [6.45, 7) is 2.65. The van der Waals surface area contributed by atoms with Gasteiger partial charge in [0.2, 0.25) is 10.0 Å². The molecule has 0 spiro atoms. The zero-order valence-corrected chi connectivity index (χ0v) is 14.3. The molecule has 2 aromatic heterocycles. The molecule has 0 atom stereocenters. The van der Waals surface area contributed by atoms with Crippen molar-refractivity contribution in [2.45, 2.75) is 6.92 Å². The van der Waals surface area contributed by atoms with E-state index in [1.807, 2.05) is 49.4 Å². The number of nitrogens with one attached hydrogen (secondary N) is 2. The van der Waals surface area contributed by atoms with Crippen molar-refractivity contribution in [3.05, 3.63) is 48.2 Å². The molecule has 1 aromatic carbocycles. The molecule has 126 valence electrons. The van der Waals surface area contributed by atoms with E-state index in [4.69, 9.17) is 0 Å². The van der Waals surface area contributed by atoms with Crippen LogP contribution in [0.5, 0.6) is 0 Å². The molecule has 3 aromatic rings. The highest BCUT2D eigenvalue weighted by molar-refractivity contribution is 7.88. The van der Waals surface area contributed by atoms with Crippen LogP contribution in [0.4, 0.5) is 5.82 Å². The first-order valence-electron chi connectivity index (χ1n) is 7.54. The molecule has 2 N–H and O–H groups in total. The smallest absolute Gasteiger partial charge is 0.208 e. The summed E-state index contributed by atoms with van der Waals surface area (Å²) in [6, 6.07) is 13.7. The zero-order valence-electron chi connectivity index (χ0n) is 13.5. The number of aryl methyl sites for hydroxylation is 1. The predicted octanol–water partition coefficient (Wildman–Crippen LogP) is 1.67. The summed E-state index contributed by atoms with van der Waals surface area (Å²) in [6.07, 6.45) is 1.14. The van der Waals surface area contributed by atoms with Gasteiger partial charge in [0.1, 0.15) is 5.82 Å². The molecule has 0 saturated heterocycles. The Bertz CT molecular complexity index is 951. The lowest BCUT2D eigenvalue weighted by atomic mass is 10.1. The van der Waals surface area contributed by atoms with E-state index in [1.165, 1.54) is 0 Å². The number of hydrogen-bond donors (Lipinski definition) is 2. The molecule has 24 heavy (non-hydrogen) atoms. The topological polar surface area (TPSA) is 88.4 Å². The first-order valence-corrected chi connectivity index (χ1v) is 9.43. The van der Waals surface area contributed by atoms with Crippen LogP contribution >= 0.6 is 0 Å². The lowest BCUT2D eigenvalue weighted by molar-refractivity contribution is 0.589. The third-order valence-electron chi connectivity index (χ3n) is 3.41. The van der Waals surface area contributed by atoms with E-state index in [2.05, 4.69) is 20.1 Å². The lowest BCUT2D eigenvalue weighted by Crippen LogP contribution is -2.28.